The third-order valence-corrected chi connectivity index (χ3v) is 3.49. The molecule has 1 amide bonds. The Morgan fingerprint density at radius 2 is 2.05 bits per heavy atom. The van der Waals surface area contributed by atoms with Gasteiger partial charge in [-0.3, -0.25) is 9.59 Å². The molecule has 0 fully saturated rings. The second kappa shape index (κ2) is 7.08. The largest absolute Gasteiger partial charge is 0.321 e. The standard InChI is InChI=1S/C15H17N3O2S/c1-3-10-4-6-11(7-5-10)16-15(20)12-8-14(19)18-13(17-12)9-21-2/h4-8H,3,9H2,1-2H3,(H,16,20)(H,17,18,19). The lowest BCUT2D eigenvalue weighted by Gasteiger charge is -2.06. The molecule has 0 atom stereocenters. The number of hydrogen-bond donors (Lipinski definition) is 2. The van der Waals surface area contributed by atoms with Gasteiger partial charge in [-0.05, 0) is 30.4 Å². The van der Waals surface area contributed by atoms with E-state index in [0.717, 1.165) is 6.42 Å². The van der Waals surface area contributed by atoms with E-state index >= 15 is 0 Å². The molecule has 0 saturated carbocycles. The van der Waals surface area contributed by atoms with Crippen molar-refractivity contribution >= 4 is 23.4 Å². The van der Waals surface area contributed by atoms with Crippen LogP contribution in [0.4, 0.5) is 5.69 Å². The van der Waals surface area contributed by atoms with Crippen molar-refractivity contribution < 1.29 is 4.79 Å². The molecular formula is C15H17N3O2S. The first-order chi connectivity index (χ1) is 10.1. The van der Waals surface area contributed by atoms with E-state index in [2.05, 4.69) is 22.2 Å². The van der Waals surface area contributed by atoms with Crippen molar-refractivity contribution in [1.29, 1.82) is 0 Å². The summed E-state index contributed by atoms with van der Waals surface area (Å²) in [7, 11) is 0. The second-order valence-electron chi connectivity index (χ2n) is 4.51. The SMILES string of the molecule is CCc1ccc(NC(=O)c2cc(=O)[nH]c(CSC)n2)cc1. The molecule has 0 aliphatic heterocycles. The van der Waals surface area contributed by atoms with E-state index in [9.17, 15) is 9.59 Å². The van der Waals surface area contributed by atoms with Crippen LogP contribution in [0.15, 0.2) is 35.1 Å². The molecule has 0 unspecified atom stereocenters. The molecule has 0 aliphatic rings. The van der Waals surface area contributed by atoms with Crippen LogP contribution in [0.25, 0.3) is 0 Å². The molecule has 0 aliphatic carbocycles. The average Bonchev–Trinajstić information content (AvgIpc) is 2.48. The number of nitrogens with zero attached hydrogens (tertiary/aromatic N) is 1. The average molecular weight is 303 g/mol. The quantitative estimate of drug-likeness (QED) is 0.889. The Morgan fingerprint density at radius 1 is 1.33 bits per heavy atom. The van der Waals surface area contributed by atoms with E-state index in [1.54, 1.807) is 0 Å². The minimum absolute atomic E-state index is 0.127. The molecule has 0 saturated heterocycles. The molecule has 5 nitrogen and oxygen atoms in total. The number of amides is 1. The number of nitrogens with one attached hydrogen (secondary N) is 2. The van der Waals surface area contributed by atoms with E-state index in [1.807, 2.05) is 30.5 Å². The number of rotatable bonds is 5. The number of carbonyl (C=O) groups is 1. The predicted molar refractivity (Wildman–Crippen MR) is 85.8 cm³/mol. The van der Waals surface area contributed by atoms with Gasteiger partial charge in [0.05, 0.1) is 5.75 Å². The summed E-state index contributed by atoms with van der Waals surface area (Å²) in [6.07, 6.45) is 2.85. The summed E-state index contributed by atoms with van der Waals surface area (Å²) in [6.45, 7) is 2.07. The van der Waals surface area contributed by atoms with Gasteiger partial charge in [-0.15, -0.1) is 0 Å². The molecule has 0 spiro atoms. The van der Waals surface area contributed by atoms with Gasteiger partial charge in [0.25, 0.3) is 11.5 Å². The summed E-state index contributed by atoms with van der Waals surface area (Å²) in [5.74, 6) is 0.677. The zero-order valence-electron chi connectivity index (χ0n) is 12.0. The van der Waals surface area contributed by atoms with Crippen LogP contribution >= 0.6 is 11.8 Å². The molecule has 2 N–H and O–H groups in total. The number of H-pyrrole nitrogens is 1. The molecular weight excluding hydrogens is 286 g/mol. The zero-order chi connectivity index (χ0) is 15.2. The maximum absolute atomic E-state index is 12.1. The molecule has 21 heavy (non-hydrogen) atoms. The van der Waals surface area contributed by atoms with Crippen LogP contribution in [0.2, 0.25) is 0 Å². The van der Waals surface area contributed by atoms with Gasteiger partial charge in [0.1, 0.15) is 11.5 Å². The van der Waals surface area contributed by atoms with E-state index in [4.69, 9.17) is 0 Å². The highest BCUT2D eigenvalue weighted by molar-refractivity contribution is 7.97. The van der Waals surface area contributed by atoms with Gasteiger partial charge in [0.2, 0.25) is 0 Å². The van der Waals surface area contributed by atoms with Gasteiger partial charge in [-0.25, -0.2) is 4.98 Å². The predicted octanol–water partition coefficient (Wildman–Crippen LogP) is 2.45. The van der Waals surface area contributed by atoms with Crippen LogP contribution in [-0.4, -0.2) is 22.1 Å². The topological polar surface area (TPSA) is 74.8 Å². The number of aromatic amines is 1. The summed E-state index contributed by atoms with van der Waals surface area (Å²) >= 11 is 1.53. The fourth-order valence-electron chi connectivity index (χ4n) is 1.85. The van der Waals surface area contributed by atoms with E-state index in [1.165, 1.54) is 23.4 Å². The van der Waals surface area contributed by atoms with Crippen LogP contribution in [0, 0.1) is 0 Å². The van der Waals surface area contributed by atoms with Crippen LogP contribution in [-0.2, 0) is 12.2 Å². The number of thioether (sulfide) groups is 1. The Bertz CT molecular complexity index is 680. The normalized spacial score (nSPS) is 10.4. The number of aromatic nitrogens is 2. The second-order valence-corrected chi connectivity index (χ2v) is 5.38. The highest BCUT2D eigenvalue weighted by Gasteiger charge is 2.10. The Hall–Kier alpha value is -2.08. The summed E-state index contributed by atoms with van der Waals surface area (Å²) in [6, 6.07) is 8.80. The third-order valence-electron chi connectivity index (χ3n) is 2.92. The molecule has 1 aromatic heterocycles. The van der Waals surface area contributed by atoms with Crippen molar-refractivity contribution in [2.75, 3.05) is 11.6 Å². The molecule has 1 aromatic carbocycles. The van der Waals surface area contributed by atoms with Gasteiger partial charge < -0.3 is 10.3 Å². The number of aryl methyl sites for hydroxylation is 1. The molecule has 110 valence electrons. The van der Waals surface area contributed by atoms with Crippen molar-refractivity contribution in [2.45, 2.75) is 19.1 Å². The summed E-state index contributed by atoms with van der Waals surface area (Å²) in [5, 5.41) is 2.75. The molecule has 2 aromatic rings. The number of anilines is 1. The first-order valence-electron chi connectivity index (χ1n) is 6.62. The highest BCUT2D eigenvalue weighted by Crippen LogP contribution is 2.11. The molecule has 0 radical (unpaired) electrons. The minimum Gasteiger partial charge on any atom is -0.321 e. The first-order valence-corrected chi connectivity index (χ1v) is 8.01. The van der Waals surface area contributed by atoms with E-state index < -0.39 is 0 Å². The van der Waals surface area contributed by atoms with Gasteiger partial charge >= 0.3 is 0 Å². The van der Waals surface area contributed by atoms with Crippen molar-refractivity contribution in [1.82, 2.24) is 9.97 Å². The summed E-state index contributed by atoms with van der Waals surface area (Å²) in [5.41, 5.74) is 1.69. The van der Waals surface area contributed by atoms with Crippen molar-refractivity contribution in [3.05, 3.63) is 57.8 Å². The lowest BCUT2D eigenvalue weighted by Crippen LogP contribution is -2.20. The third kappa shape index (κ3) is 4.19. The van der Waals surface area contributed by atoms with Crippen LogP contribution in [0.5, 0.6) is 0 Å². The molecule has 6 heteroatoms. The molecule has 1 heterocycles. The summed E-state index contributed by atoms with van der Waals surface area (Å²) < 4.78 is 0. The van der Waals surface area contributed by atoms with Gasteiger partial charge in [-0.2, -0.15) is 11.8 Å². The van der Waals surface area contributed by atoms with Gasteiger partial charge in [-0.1, -0.05) is 19.1 Å². The lowest BCUT2D eigenvalue weighted by atomic mass is 10.1. The maximum atomic E-state index is 12.1. The van der Waals surface area contributed by atoms with E-state index in [-0.39, 0.29) is 17.2 Å². The summed E-state index contributed by atoms with van der Waals surface area (Å²) in [4.78, 5) is 30.5. The van der Waals surface area contributed by atoms with Crippen LogP contribution in [0.3, 0.4) is 0 Å². The van der Waals surface area contributed by atoms with Crippen molar-refractivity contribution in [3.63, 3.8) is 0 Å². The fourth-order valence-corrected chi connectivity index (χ4v) is 2.26. The molecule has 2 rings (SSSR count). The zero-order valence-corrected chi connectivity index (χ0v) is 12.8. The Kier molecular flexibility index (Phi) is 5.16. The van der Waals surface area contributed by atoms with Gasteiger partial charge in [0.15, 0.2) is 0 Å². The fraction of sp³-hybridized carbons (Fsp3) is 0.267. The minimum atomic E-state index is -0.382. The number of hydrogen-bond acceptors (Lipinski definition) is 4. The van der Waals surface area contributed by atoms with Gasteiger partial charge in [0, 0.05) is 11.8 Å². The van der Waals surface area contributed by atoms with Crippen LogP contribution < -0.4 is 10.9 Å². The van der Waals surface area contributed by atoms with Crippen molar-refractivity contribution in [2.24, 2.45) is 0 Å². The number of carbonyl (C=O) groups excluding carboxylic acids is 1. The maximum Gasteiger partial charge on any atom is 0.274 e. The monoisotopic (exact) mass is 303 g/mol. The molecule has 0 bridgehead atoms. The van der Waals surface area contributed by atoms with E-state index in [0.29, 0.717) is 17.3 Å². The lowest BCUT2D eigenvalue weighted by molar-refractivity contribution is 0.102. The Balaban J connectivity index is 2.17. The smallest absolute Gasteiger partial charge is 0.274 e. The Labute approximate surface area is 127 Å². The van der Waals surface area contributed by atoms with Crippen molar-refractivity contribution in [3.8, 4) is 0 Å². The Morgan fingerprint density at radius 3 is 2.67 bits per heavy atom. The van der Waals surface area contributed by atoms with Crippen LogP contribution in [0.1, 0.15) is 28.8 Å². The number of benzene rings is 1. The first kappa shape index (κ1) is 15.3. The highest BCUT2D eigenvalue weighted by atomic mass is 32.2.